The highest BCUT2D eigenvalue weighted by Crippen LogP contribution is 2.28. The molecular formula is C14H27NO2. The fourth-order valence-corrected chi connectivity index (χ4v) is 3.07. The molecule has 3 heteroatoms. The van der Waals surface area contributed by atoms with Crippen LogP contribution < -0.4 is 0 Å². The summed E-state index contributed by atoms with van der Waals surface area (Å²) >= 11 is 0. The van der Waals surface area contributed by atoms with Gasteiger partial charge in [0, 0.05) is 19.7 Å². The van der Waals surface area contributed by atoms with Crippen LogP contribution in [0.1, 0.15) is 51.9 Å². The Bertz CT molecular complexity index is 218. The Kier molecular flexibility index (Phi) is 4.83. The molecule has 100 valence electrons. The van der Waals surface area contributed by atoms with E-state index in [1.54, 1.807) is 0 Å². The van der Waals surface area contributed by atoms with Crippen LogP contribution in [0.4, 0.5) is 0 Å². The Balaban J connectivity index is 1.64. The van der Waals surface area contributed by atoms with Crippen molar-refractivity contribution in [2.24, 2.45) is 0 Å². The van der Waals surface area contributed by atoms with Crippen molar-refractivity contribution in [3.05, 3.63) is 0 Å². The van der Waals surface area contributed by atoms with E-state index in [1.165, 1.54) is 12.8 Å². The summed E-state index contributed by atoms with van der Waals surface area (Å²) in [5.74, 6) is 0. The molecule has 2 aliphatic heterocycles. The van der Waals surface area contributed by atoms with E-state index in [0.717, 1.165) is 58.3 Å². The van der Waals surface area contributed by atoms with Gasteiger partial charge < -0.3 is 14.7 Å². The first-order valence-electron chi connectivity index (χ1n) is 7.28. The quantitative estimate of drug-likeness (QED) is 0.801. The van der Waals surface area contributed by atoms with E-state index in [-0.39, 0.29) is 5.60 Å². The molecule has 0 aliphatic carbocycles. The fraction of sp³-hybridized carbons (Fsp3) is 1.00. The summed E-state index contributed by atoms with van der Waals surface area (Å²) in [6, 6.07) is 0. The first kappa shape index (κ1) is 13.3. The maximum Gasteiger partial charge on any atom is 0.0672 e. The highest BCUT2D eigenvalue weighted by Gasteiger charge is 2.31. The van der Waals surface area contributed by atoms with Gasteiger partial charge in [0.05, 0.1) is 11.7 Å². The van der Waals surface area contributed by atoms with Gasteiger partial charge in [-0.3, -0.25) is 0 Å². The minimum atomic E-state index is -0.385. The largest absolute Gasteiger partial charge is 0.390 e. The van der Waals surface area contributed by atoms with E-state index >= 15 is 0 Å². The molecule has 0 aromatic carbocycles. The van der Waals surface area contributed by atoms with E-state index in [2.05, 4.69) is 11.8 Å². The van der Waals surface area contributed by atoms with Gasteiger partial charge in [-0.05, 0) is 51.5 Å². The van der Waals surface area contributed by atoms with E-state index in [9.17, 15) is 5.11 Å². The number of ether oxygens (including phenoxy) is 1. The second kappa shape index (κ2) is 6.17. The van der Waals surface area contributed by atoms with E-state index in [1.807, 2.05) is 0 Å². The van der Waals surface area contributed by atoms with Gasteiger partial charge in [-0.2, -0.15) is 0 Å². The van der Waals surface area contributed by atoms with Crippen LogP contribution in [0.2, 0.25) is 0 Å². The van der Waals surface area contributed by atoms with Crippen LogP contribution in [0.3, 0.4) is 0 Å². The molecule has 0 spiro atoms. The summed E-state index contributed by atoms with van der Waals surface area (Å²) in [4.78, 5) is 2.43. The Morgan fingerprint density at radius 1 is 1.35 bits per heavy atom. The number of nitrogens with zero attached hydrogens (tertiary/aromatic N) is 1. The second-order valence-corrected chi connectivity index (χ2v) is 5.69. The molecule has 0 amide bonds. The molecule has 2 heterocycles. The van der Waals surface area contributed by atoms with Gasteiger partial charge in [-0.1, -0.05) is 6.92 Å². The zero-order valence-electron chi connectivity index (χ0n) is 11.2. The third-order valence-electron chi connectivity index (χ3n) is 4.43. The van der Waals surface area contributed by atoms with Gasteiger partial charge in [0.15, 0.2) is 0 Å². The summed E-state index contributed by atoms with van der Waals surface area (Å²) < 4.78 is 5.62. The van der Waals surface area contributed by atoms with Crippen molar-refractivity contribution in [3.8, 4) is 0 Å². The van der Waals surface area contributed by atoms with Crippen molar-refractivity contribution in [1.29, 1.82) is 0 Å². The molecule has 2 saturated heterocycles. The van der Waals surface area contributed by atoms with Crippen molar-refractivity contribution in [2.45, 2.75) is 63.6 Å². The lowest BCUT2D eigenvalue weighted by atomic mass is 9.86. The molecule has 17 heavy (non-hydrogen) atoms. The van der Waals surface area contributed by atoms with Crippen molar-refractivity contribution in [2.75, 3.05) is 26.2 Å². The molecule has 1 N–H and O–H groups in total. The molecule has 0 aromatic rings. The molecule has 1 unspecified atom stereocenters. The predicted octanol–water partition coefficient (Wildman–Crippen LogP) is 2.18. The molecule has 2 aliphatic rings. The molecular weight excluding hydrogens is 214 g/mol. The Morgan fingerprint density at radius 3 is 2.71 bits per heavy atom. The number of hydrogen-bond donors (Lipinski definition) is 1. The number of aliphatic hydroxyl groups is 1. The lowest BCUT2D eigenvalue weighted by Crippen LogP contribution is -2.44. The van der Waals surface area contributed by atoms with Crippen LogP contribution in [0, 0.1) is 0 Å². The fourth-order valence-electron chi connectivity index (χ4n) is 3.07. The summed E-state index contributed by atoms with van der Waals surface area (Å²) in [7, 11) is 0. The minimum absolute atomic E-state index is 0.385. The van der Waals surface area contributed by atoms with Crippen LogP contribution in [0.25, 0.3) is 0 Å². The predicted molar refractivity (Wildman–Crippen MR) is 69.1 cm³/mol. The Labute approximate surface area is 105 Å². The third kappa shape index (κ3) is 3.94. The zero-order chi connectivity index (χ0) is 12.1. The van der Waals surface area contributed by atoms with E-state index in [4.69, 9.17) is 4.74 Å². The van der Waals surface area contributed by atoms with E-state index in [0.29, 0.717) is 6.10 Å². The average Bonchev–Trinajstić information content (AvgIpc) is 2.83. The first-order valence-corrected chi connectivity index (χ1v) is 7.28. The van der Waals surface area contributed by atoms with Crippen LogP contribution >= 0.6 is 0 Å². The summed E-state index contributed by atoms with van der Waals surface area (Å²) in [5, 5.41) is 10.5. The lowest BCUT2D eigenvalue weighted by Gasteiger charge is -2.38. The molecule has 2 fully saturated rings. The molecule has 2 rings (SSSR count). The third-order valence-corrected chi connectivity index (χ3v) is 4.43. The maximum absolute atomic E-state index is 10.5. The Hall–Kier alpha value is -0.120. The lowest BCUT2D eigenvalue weighted by molar-refractivity contribution is -0.0304. The van der Waals surface area contributed by atoms with Gasteiger partial charge in [0.1, 0.15) is 0 Å². The SMILES string of the molecule is CCN1CCC(O)(CCCC2CCCO2)CC1. The minimum Gasteiger partial charge on any atom is -0.390 e. The van der Waals surface area contributed by atoms with Gasteiger partial charge >= 0.3 is 0 Å². The van der Waals surface area contributed by atoms with Crippen molar-refractivity contribution >= 4 is 0 Å². The van der Waals surface area contributed by atoms with Crippen LogP contribution in [0.15, 0.2) is 0 Å². The maximum atomic E-state index is 10.5. The van der Waals surface area contributed by atoms with Crippen molar-refractivity contribution < 1.29 is 9.84 Å². The molecule has 0 bridgehead atoms. The first-order chi connectivity index (χ1) is 8.22. The van der Waals surface area contributed by atoms with Crippen molar-refractivity contribution in [1.82, 2.24) is 4.90 Å². The highest BCUT2D eigenvalue weighted by atomic mass is 16.5. The molecule has 1 atom stereocenters. The number of piperidine rings is 1. The summed E-state index contributed by atoms with van der Waals surface area (Å²) in [5.41, 5.74) is -0.385. The van der Waals surface area contributed by atoms with Crippen LogP contribution in [-0.2, 0) is 4.74 Å². The molecule has 0 aromatic heterocycles. The average molecular weight is 241 g/mol. The summed E-state index contributed by atoms with van der Waals surface area (Å²) in [6.07, 6.45) is 8.05. The molecule has 0 radical (unpaired) electrons. The van der Waals surface area contributed by atoms with Crippen LogP contribution in [-0.4, -0.2) is 48.0 Å². The molecule has 3 nitrogen and oxygen atoms in total. The topological polar surface area (TPSA) is 32.7 Å². The monoisotopic (exact) mass is 241 g/mol. The van der Waals surface area contributed by atoms with Gasteiger partial charge in [0.25, 0.3) is 0 Å². The van der Waals surface area contributed by atoms with Gasteiger partial charge in [-0.15, -0.1) is 0 Å². The second-order valence-electron chi connectivity index (χ2n) is 5.69. The van der Waals surface area contributed by atoms with Gasteiger partial charge in [0.2, 0.25) is 0 Å². The normalized spacial score (nSPS) is 29.6. The smallest absolute Gasteiger partial charge is 0.0672 e. The zero-order valence-corrected chi connectivity index (χ0v) is 11.2. The highest BCUT2D eigenvalue weighted by molar-refractivity contribution is 4.85. The van der Waals surface area contributed by atoms with Crippen molar-refractivity contribution in [3.63, 3.8) is 0 Å². The number of hydrogen-bond acceptors (Lipinski definition) is 3. The Morgan fingerprint density at radius 2 is 2.12 bits per heavy atom. The number of likely N-dealkylation sites (tertiary alicyclic amines) is 1. The molecule has 0 saturated carbocycles. The van der Waals surface area contributed by atoms with Gasteiger partial charge in [-0.25, -0.2) is 0 Å². The standard InChI is InChI=1S/C14H27NO2/c1-2-15-10-8-14(16,9-11-15)7-3-5-13-6-4-12-17-13/h13,16H,2-12H2,1H3. The van der Waals surface area contributed by atoms with E-state index < -0.39 is 0 Å². The number of rotatable bonds is 5. The summed E-state index contributed by atoms with van der Waals surface area (Å²) in [6.45, 7) is 6.38. The van der Waals surface area contributed by atoms with Crippen LogP contribution in [0.5, 0.6) is 0 Å².